The van der Waals surface area contributed by atoms with Crippen LogP contribution in [-0.2, 0) is 13.0 Å². The fraction of sp³-hybridized carbons (Fsp3) is 0.389. The normalized spacial score (nSPS) is 13.4. The predicted octanol–water partition coefficient (Wildman–Crippen LogP) is 2.74. The van der Waals surface area contributed by atoms with Crippen molar-refractivity contribution in [1.82, 2.24) is 15.3 Å². The van der Waals surface area contributed by atoms with Crippen molar-refractivity contribution < 1.29 is 4.74 Å². The van der Waals surface area contributed by atoms with E-state index < -0.39 is 0 Å². The van der Waals surface area contributed by atoms with E-state index in [9.17, 15) is 0 Å². The molecule has 0 unspecified atom stereocenters. The number of ether oxygens (including phenoxy) is 1. The van der Waals surface area contributed by atoms with E-state index in [2.05, 4.69) is 49.8 Å². The smallest absolute Gasteiger partial charge is 0.234 e. The highest BCUT2D eigenvalue weighted by Crippen LogP contribution is 2.26. The summed E-state index contributed by atoms with van der Waals surface area (Å²) in [4.78, 5) is 11.2. The summed E-state index contributed by atoms with van der Waals surface area (Å²) in [7, 11) is 1.60. The van der Waals surface area contributed by atoms with Gasteiger partial charge in [0.2, 0.25) is 11.8 Å². The van der Waals surface area contributed by atoms with Crippen molar-refractivity contribution in [2.75, 3.05) is 23.9 Å². The topological polar surface area (TPSA) is 62.3 Å². The molecular formula is C18H23N5OS. The highest BCUT2D eigenvalue weighted by molar-refractivity contribution is 7.80. The second-order valence-corrected chi connectivity index (χ2v) is 6.69. The van der Waals surface area contributed by atoms with Gasteiger partial charge in [-0.15, -0.1) is 0 Å². The Balaban J connectivity index is 1.82. The summed E-state index contributed by atoms with van der Waals surface area (Å²) in [6, 6.07) is 10.6. The zero-order valence-electron chi connectivity index (χ0n) is 14.7. The lowest BCUT2D eigenvalue weighted by Gasteiger charge is -2.30. The number of benzene rings is 1. The second-order valence-electron chi connectivity index (χ2n) is 6.29. The fourth-order valence-electron chi connectivity index (χ4n) is 2.83. The van der Waals surface area contributed by atoms with E-state index in [1.165, 1.54) is 11.1 Å². The Morgan fingerprint density at radius 1 is 1.24 bits per heavy atom. The molecule has 0 amide bonds. The van der Waals surface area contributed by atoms with Crippen molar-refractivity contribution >= 4 is 29.1 Å². The number of nitrogens with zero attached hydrogens (tertiary/aromatic N) is 3. The van der Waals surface area contributed by atoms with Gasteiger partial charge in [-0.1, -0.05) is 24.3 Å². The van der Waals surface area contributed by atoms with Crippen LogP contribution in [-0.4, -0.2) is 34.8 Å². The minimum absolute atomic E-state index is 0.240. The van der Waals surface area contributed by atoms with Crippen molar-refractivity contribution in [2.45, 2.75) is 32.9 Å². The molecule has 0 saturated heterocycles. The average Bonchev–Trinajstić information content (AvgIpc) is 2.60. The number of aromatic nitrogens is 2. The van der Waals surface area contributed by atoms with Crippen LogP contribution in [0.4, 0.5) is 11.8 Å². The number of rotatable bonds is 4. The Hall–Kier alpha value is -2.41. The molecule has 0 spiro atoms. The van der Waals surface area contributed by atoms with Crippen molar-refractivity contribution in [3.63, 3.8) is 0 Å². The van der Waals surface area contributed by atoms with Crippen molar-refractivity contribution in [1.29, 1.82) is 0 Å². The van der Waals surface area contributed by atoms with E-state index in [0.717, 1.165) is 25.3 Å². The molecule has 1 aromatic heterocycles. The number of nitrogens with one attached hydrogen (secondary N) is 2. The molecule has 2 heterocycles. The molecule has 0 radical (unpaired) electrons. The lowest BCUT2D eigenvalue weighted by atomic mass is 10.00. The lowest BCUT2D eigenvalue weighted by Crippen LogP contribution is -2.35. The van der Waals surface area contributed by atoms with Gasteiger partial charge in [0, 0.05) is 25.2 Å². The maximum atomic E-state index is 5.34. The molecule has 1 aliphatic heterocycles. The molecule has 3 rings (SSSR count). The van der Waals surface area contributed by atoms with Gasteiger partial charge >= 0.3 is 0 Å². The first-order chi connectivity index (χ1) is 12.0. The van der Waals surface area contributed by atoms with Gasteiger partial charge in [-0.2, -0.15) is 9.97 Å². The van der Waals surface area contributed by atoms with Gasteiger partial charge in [0.25, 0.3) is 0 Å². The Kier molecular flexibility index (Phi) is 5.33. The molecule has 1 aromatic carbocycles. The van der Waals surface area contributed by atoms with E-state index in [1.807, 2.05) is 19.9 Å². The molecule has 7 heteroatoms. The van der Waals surface area contributed by atoms with Crippen LogP contribution < -0.4 is 20.3 Å². The quantitative estimate of drug-likeness (QED) is 0.816. The first kappa shape index (κ1) is 17.4. The maximum absolute atomic E-state index is 5.34. The number of anilines is 2. The summed E-state index contributed by atoms with van der Waals surface area (Å²) in [6.45, 7) is 5.78. The van der Waals surface area contributed by atoms with E-state index >= 15 is 0 Å². The Morgan fingerprint density at radius 2 is 2.00 bits per heavy atom. The first-order valence-electron chi connectivity index (χ1n) is 8.37. The summed E-state index contributed by atoms with van der Waals surface area (Å²) in [6.07, 6.45) is 0.999. The van der Waals surface area contributed by atoms with Crippen LogP contribution in [0.2, 0.25) is 0 Å². The molecule has 0 aliphatic carbocycles. The van der Waals surface area contributed by atoms with E-state index in [4.69, 9.17) is 17.0 Å². The Morgan fingerprint density at radius 3 is 2.72 bits per heavy atom. The zero-order valence-corrected chi connectivity index (χ0v) is 15.6. The van der Waals surface area contributed by atoms with Gasteiger partial charge in [-0.05, 0) is 43.6 Å². The second kappa shape index (κ2) is 7.65. The predicted molar refractivity (Wildman–Crippen MR) is 104 cm³/mol. The summed E-state index contributed by atoms with van der Waals surface area (Å²) in [5, 5.41) is 6.66. The SMILES string of the molecule is COc1cc(N2CCc3ccccc3C2)nc(NC(=S)NC(C)C)n1. The molecule has 0 saturated carbocycles. The molecule has 0 atom stereocenters. The van der Waals surface area contributed by atoms with Gasteiger partial charge in [0.1, 0.15) is 5.82 Å². The molecule has 2 aromatic rings. The molecule has 1 aliphatic rings. The molecular weight excluding hydrogens is 334 g/mol. The number of methoxy groups -OCH3 is 1. The minimum Gasteiger partial charge on any atom is -0.481 e. The largest absolute Gasteiger partial charge is 0.481 e. The molecule has 25 heavy (non-hydrogen) atoms. The van der Waals surface area contributed by atoms with Crippen LogP contribution in [0.15, 0.2) is 30.3 Å². The van der Waals surface area contributed by atoms with Crippen LogP contribution in [0.25, 0.3) is 0 Å². The van der Waals surface area contributed by atoms with Crippen LogP contribution in [0.1, 0.15) is 25.0 Å². The lowest BCUT2D eigenvalue weighted by molar-refractivity contribution is 0.397. The number of hydrogen-bond donors (Lipinski definition) is 2. The fourth-order valence-corrected chi connectivity index (χ4v) is 3.15. The van der Waals surface area contributed by atoms with E-state index in [-0.39, 0.29) is 6.04 Å². The summed E-state index contributed by atoms with van der Waals surface area (Å²) in [5.74, 6) is 1.78. The molecule has 6 nitrogen and oxygen atoms in total. The Bertz CT molecular complexity index is 765. The van der Waals surface area contributed by atoms with Crippen LogP contribution in [0.3, 0.4) is 0 Å². The third-order valence-electron chi connectivity index (χ3n) is 4.00. The summed E-state index contributed by atoms with van der Waals surface area (Å²) in [5.41, 5.74) is 2.73. The molecule has 0 fully saturated rings. The highest BCUT2D eigenvalue weighted by atomic mass is 32.1. The van der Waals surface area contributed by atoms with E-state index in [1.54, 1.807) is 7.11 Å². The van der Waals surface area contributed by atoms with Gasteiger partial charge < -0.3 is 20.3 Å². The van der Waals surface area contributed by atoms with Crippen molar-refractivity contribution in [3.05, 3.63) is 41.5 Å². The average molecular weight is 357 g/mol. The van der Waals surface area contributed by atoms with Gasteiger partial charge in [-0.3, -0.25) is 0 Å². The van der Waals surface area contributed by atoms with Gasteiger partial charge in [0.05, 0.1) is 7.11 Å². The molecule has 132 valence electrons. The van der Waals surface area contributed by atoms with Gasteiger partial charge in [-0.25, -0.2) is 0 Å². The number of fused-ring (bicyclic) bond motifs is 1. The molecule has 0 bridgehead atoms. The minimum atomic E-state index is 0.240. The summed E-state index contributed by atoms with van der Waals surface area (Å²) >= 11 is 5.29. The third-order valence-corrected chi connectivity index (χ3v) is 4.22. The van der Waals surface area contributed by atoms with Crippen LogP contribution in [0.5, 0.6) is 5.88 Å². The third kappa shape index (κ3) is 4.36. The van der Waals surface area contributed by atoms with E-state index in [0.29, 0.717) is 16.9 Å². The standard InChI is InChI=1S/C18H23N5OS/c1-12(2)19-18(25)22-17-20-15(10-16(21-17)24-3)23-9-8-13-6-4-5-7-14(13)11-23/h4-7,10,12H,8-9,11H2,1-3H3,(H2,19,20,21,22,25). The van der Waals surface area contributed by atoms with Crippen molar-refractivity contribution in [2.24, 2.45) is 0 Å². The first-order valence-corrected chi connectivity index (χ1v) is 8.78. The highest BCUT2D eigenvalue weighted by Gasteiger charge is 2.19. The zero-order chi connectivity index (χ0) is 17.8. The Labute approximate surface area is 153 Å². The number of hydrogen-bond acceptors (Lipinski definition) is 5. The maximum Gasteiger partial charge on any atom is 0.234 e. The molecule has 2 N–H and O–H groups in total. The van der Waals surface area contributed by atoms with Crippen LogP contribution >= 0.6 is 12.2 Å². The number of thiocarbonyl (C=S) groups is 1. The monoisotopic (exact) mass is 357 g/mol. The van der Waals surface area contributed by atoms with Crippen molar-refractivity contribution in [3.8, 4) is 5.88 Å². The van der Waals surface area contributed by atoms with Gasteiger partial charge in [0.15, 0.2) is 5.11 Å². The van der Waals surface area contributed by atoms with Crippen LogP contribution in [0, 0.1) is 0 Å². The summed E-state index contributed by atoms with van der Waals surface area (Å²) < 4.78 is 5.34.